The summed E-state index contributed by atoms with van der Waals surface area (Å²) < 4.78 is 1.75. The maximum absolute atomic E-state index is 5.76. The zero-order chi connectivity index (χ0) is 10.8. The summed E-state index contributed by atoms with van der Waals surface area (Å²) in [4.78, 5) is 2.40. The molecule has 1 fully saturated rings. The van der Waals surface area contributed by atoms with Crippen LogP contribution in [0, 0.1) is 5.92 Å². The number of piperidine rings is 1. The van der Waals surface area contributed by atoms with E-state index in [-0.39, 0.29) is 0 Å². The Balaban J connectivity index is 1.96. The maximum atomic E-state index is 5.76. The van der Waals surface area contributed by atoms with Gasteiger partial charge in [0.1, 0.15) is 5.82 Å². The number of nitrogen functional groups attached to an aromatic ring is 1. The summed E-state index contributed by atoms with van der Waals surface area (Å²) in [5, 5.41) is 4.40. The van der Waals surface area contributed by atoms with Crippen LogP contribution >= 0.6 is 0 Å². The highest BCUT2D eigenvalue weighted by Crippen LogP contribution is 2.19. The van der Waals surface area contributed by atoms with Crippen LogP contribution < -0.4 is 5.73 Å². The average Bonchev–Trinajstić information content (AvgIpc) is 2.45. The number of aryl methyl sites for hydroxylation is 1. The van der Waals surface area contributed by atoms with Gasteiger partial charge in [0.25, 0.3) is 0 Å². The predicted molar refractivity (Wildman–Crippen MR) is 61.5 cm³/mol. The highest BCUT2D eigenvalue weighted by atomic mass is 15.3. The van der Waals surface area contributed by atoms with E-state index in [2.05, 4.69) is 17.0 Å². The Hall–Kier alpha value is -1.03. The summed E-state index contributed by atoms with van der Waals surface area (Å²) in [5.41, 5.74) is 6.90. The lowest BCUT2D eigenvalue weighted by Gasteiger charge is -2.29. The van der Waals surface area contributed by atoms with Crippen molar-refractivity contribution in [3.63, 3.8) is 0 Å². The van der Waals surface area contributed by atoms with Crippen LogP contribution in [0.1, 0.15) is 18.5 Å². The second-order valence-corrected chi connectivity index (χ2v) is 4.66. The molecule has 1 atom stereocenters. The molecule has 0 amide bonds. The van der Waals surface area contributed by atoms with Gasteiger partial charge in [-0.15, -0.1) is 0 Å². The lowest BCUT2D eigenvalue weighted by molar-refractivity contribution is 0.208. The molecule has 0 saturated carbocycles. The molecule has 1 aromatic rings. The summed E-state index contributed by atoms with van der Waals surface area (Å²) in [7, 11) is 4.09. The van der Waals surface area contributed by atoms with Gasteiger partial charge in [-0.05, 0) is 38.8 Å². The van der Waals surface area contributed by atoms with Gasteiger partial charge in [-0.3, -0.25) is 4.68 Å². The number of aromatic nitrogens is 2. The van der Waals surface area contributed by atoms with E-state index in [1.165, 1.54) is 25.9 Å². The van der Waals surface area contributed by atoms with E-state index in [1.54, 1.807) is 4.68 Å². The van der Waals surface area contributed by atoms with Crippen LogP contribution in [0.5, 0.6) is 0 Å². The van der Waals surface area contributed by atoms with Crippen molar-refractivity contribution in [1.29, 1.82) is 0 Å². The Morgan fingerprint density at radius 3 is 2.93 bits per heavy atom. The molecule has 0 aliphatic carbocycles. The van der Waals surface area contributed by atoms with Gasteiger partial charge in [0, 0.05) is 19.7 Å². The minimum absolute atomic E-state index is 0.748. The van der Waals surface area contributed by atoms with Crippen LogP contribution in [-0.2, 0) is 13.5 Å². The first-order chi connectivity index (χ1) is 7.15. The molecule has 4 heteroatoms. The van der Waals surface area contributed by atoms with Crippen molar-refractivity contribution in [2.45, 2.75) is 19.3 Å². The van der Waals surface area contributed by atoms with E-state index in [0.29, 0.717) is 0 Å². The van der Waals surface area contributed by atoms with Gasteiger partial charge in [-0.25, -0.2) is 0 Å². The third-order valence-electron chi connectivity index (χ3n) is 3.19. The third-order valence-corrected chi connectivity index (χ3v) is 3.19. The average molecular weight is 208 g/mol. The molecule has 1 aromatic heterocycles. The van der Waals surface area contributed by atoms with Crippen LogP contribution in [-0.4, -0.2) is 34.8 Å². The predicted octanol–water partition coefficient (Wildman–Crippen LogP) is 0.887. The van der Waals surface area contributed by atoms with Crippen LogP contribution in [0.2, 0.25) is 0 Å². The highest BCUT2D eigenvalue weighted by Gasteiger charge is 2.18. The Morgan fingerprint density at radius 2 is 2.33 bits per heavy atom. The van der Waals surface area contributed by atoms with E-state index >= 15 is 0 Å². The Morgan fingerprint density at radius 1 is 1.53 bits per heavy atom. The second-order valence-electron chi connectivity index (χ2n) is 4.66. The SMILES string of the molecule is CN1CCCC(Cc2cc(N)n(C)n2)C1. The molecule has 2 rings (SSSR count). The molecule has 1 aliphatic rings. The molecule has 1 unspecified atom stereocenters. The number of anilines is 1. The molecule has 0 aromatic carbocycles. The van der Waals surface area contributed by atoms with E-state index in [1.807, 2.05) is 13.1 Å². The quantitative estimate of drug-likeness (QED) is 0.785. The van der Waals surface area contributed by atoms with Gasteiger partial charge in [0.05, 0.1) is 5.69 Å². The number of rotatable bonds is 2. The van der Waals surface area contributed by atoms with Gasteiger partial charge >= 0.3 is 0 Å². The number of hydrogen-bond donors (Lipinski definition) is 1. The first-order valence-electron chi connectivity index (χ1n) is 5.62. The Kier molecular flexibility index (Phi) is 2.95. The van der Waals surface area contributed by atoms with Crippen LogP contribution in [0.15, 0.2) is 6.07 Å². The van der Waals surface area contributed by atoms with Crippen LogP contribution in [0.3, 0.4) is 0 Å². The molecule has 2 N–H and O–H groups in total. The van der Waals surface area contributed by atoms with E-state index in [0.717, 1.165) is 23.9 Å². The molecule has 0 radical (unpaired) electrons. The zero-order valence-electron chi connectivity index (χ0n) is 9.61. The zero-order valence-corrected chi connectivity index (χ0v) is 9.61. The monoisotopic (exact) mass is 208 g/mol. The van der Waals surface area contributed by atoms with Gasteiger partial charge in [-0.1, -0.05) is 0 Å². The minimum atomic E-state index is 0.748. The first kappa shape index (κ1) is 10.5. The van der Waals surface area contributed by atoms with E-state index in [9.17, 15) is 0 Å². The summed E-state index contributed by atoms with van der Waals surface area (Å²) in [5.74, 6) is 1.51. The van der Waals surface area contributed by atoms with Gasteiger partial charge in [-0.2, -0.15) is 5.10 Å². The summed E-state index contributed by atoms with van der Waals surface area (Å²) in [6.45, 7) is 2.43. The molecular formula is C11H20N4. The van der Waals surface area contributed by atoms with Crippen molar-refractivity contribution in [2.24, 2.45) is 13.0 Å². The summed E-state index contributed by atoms with van der Waals surface area (Å²) >= 11 is 0. The van der Waals surface area contributed by atoms with E-state index < -0.39 is 0 Å². The van der Waals surface area contributed by atoms with Crippen molar-refractivity contribution in [3.05, 3.63) is 11.8 Å². The number of nitrogens with zero attached hydrogens (tertiary/aromatic N) is 3. The summed E-state index contributed by atoms with van der Waals surface area (Å²) in [6, 6.07) is 1.99. The number of hydrogen-bond acceptors (Lipinski definition) is 3. The van der Waals surface area contributed by atoms with Crippen LogP contribution in [0.4, 0.5) is 5.82 Å². The number of likely N-dealkylation sites (tertiary alicyclic amines) is 1. The van der Waals surface area contributed by atoms with E-state index in [4.69, 9.17) is 5.73 Å². The third kappa shape index (κ3) is 2.50. The first-order valence-corrected chi connectivity index (χ1v) is 5.62. The largest absolute Gasteiger partial charge is 0.384 e. The molecule has 0 bridgehead atoms. The molecule has 1 aliphatic heterocycles. The topological polar surface area (TPSA) is 47.1 Å². The molecule has 4 nitrogen and oxygen atoms in total. The second kappa shape index (κ2) is 4.23. The van der Waals surface area contributed by atoms with Crippen molar-refractivity contribution in [1.82, 2.24) is 14.7 Å². The minimum Gasteiger partial charge on any atom is -0.384 e. The molecule has 0 spiro atoms. The fourth-order valence-electron chi connectivity index (χ4n) is 2.38. The highest BCUT2D eigenvalue weighted by molar-refractivity contribution is 5.30. The van der Waals surface area contributed by atoms with Crippen molar-refractivity contribution in [2.75, 3.05) is 25.9 Å². The standard InChI is InChI=1S/C11H20N4/c1-14-5-3-4-9(8-14)6-10-7-11(12)15(2)13-10/h7,9H,3-6,8,12H2,1-2H3. The van der Waals surface area contributed by atoms with Crippen molar-refractivity contribution < 1.29 is 0 Å². The smallest absolute Gasteiger partial charge is 0.121 e. The van der Waals surface area contributed by atoms with Crippen molar-refractivity contribution in [3.8, 4) is 0 Å². The fourth-order valence-corrected chi connectivity index (χ4v) is 2.38. The van der Waals surface area contributed by atoms with Crippen molar-refractivity contribution >= 4 is 5.82 Å². The Bertz CT molecular complexity index is 312. The molecule has 1 saturated heterocycles. The van der Waals surface area contributed by atoms with Gasteiger partial charge in [0.15, 0.2) is 0 Å². The van der Waals surface area contributed by atoms with Gasteiger partial charge in [0.2, 0.25) is 0 Å². The lowest BCUT2D eigenvalue weighted by atomic mass is 9.94. The maximum Gasteiger partial charge on any atom is 0.121 e. The lowest BCUT2D eigenvalue weighted by Crippen LogP contribution is -2.33. The Labute approximate surface area is 91.1 Å². The molecule has 15 heavy (non-hydrogen) atoms. The molecular weight excluding hydrogens is 188 g/mol. The molecule has 84 valence electrons. The fraction of sp³-hybridized carbons (Fsp3) is 0.727. The number of nitrogens with two attached hydrogens (primary N) is 1. The summed E-state index contributed by atoms with van der Waals surface area (Å²) in [6.07, 6.45) is 3.69. The van der Waals surface area contributed by atoms with Crippen LogP contribution in [0.25, 0.3) is 0 Å². The molecule has 2 heterocycles. The normalized spacial score (nSPS) is 23.2. The van der Waals surface area contributed by atoms with Gasteiger partial charge < -0.3 is 10.6 Å².